The molecule has 2 rings (SSSR count). The average molecular weight is 308 g/mol. The number of carbonyl (C=O) groups is 1. The van der Waals surface area contributed by atoms with Crippen molar-refractivity contribution in [3.8, 4) is 0 Å². The molecule has 0 aliphatic heterocycles. The van der Waals surface area contributed by atoms with Crippen molar-refractivity contribution in [1.82, 2.24) is 5.32 Å². The summed E-state index contributed by atoms with van der Waals surface area (Å²) in [6.45, 7) is 6.78. The van der Waals surface area contributed by atoms with Gasteiger partial charge in [0.05, 0.1) is 0 Å². The van der Waals surface area contributed by atoms with Crippen molar-refractivity contribution >= 4 is 28.5 Å². The molecule has 2 aromatic rings. The molecule has 1 aromatic carbocycles. The van der Waals surface area contributed by atoms with Crippen LogP contribution in [0.2, 0.25) is 0 Å². The first-order valence-corrected chi connectivity index (χ1v) is 7.91. The fourth-order valence-corrected chi connectivity index (χ4v) is 2.84. The van der Waals surface area contributed by atoms with Crippen LogP contribution in [0, 0.1) is 12.3 Å². The third-order valence-electron chi connectivity index (χ3n) is 4.30. The van der Waals surface area contributed by atoms with E-state index < -0.39 is 0 Å². The van der Waals surface area contributed by atoms with Gasteiger partial charge in [0.1, 0.15) is 5.58 Å². The third-order valence-corrected chi connectivity index (χ3v) is 4.87. The first-order valence-electron chi connectivity index (χ1n) is 7.38. The lowest BCUT2D eigenvalue weighted by atomic mass is 9.84. The topological polar surface area (TPSA) is 42.2 Å². The molecule has 0 saturated heterocycles. The minimum Gasteiger partial charge on any atom is -0.451 e. The van der Waals surface area contributed by atoms with Crippen molar-refractivity contribution in [3.05, 3.63) is 35.6 Å². The van der Waals surface area contributed by atoms with Crippen LogP contribution in [0.1, 0.15) is 42.8 Å². The molecule has 3 nitrogen and oxygen atoms in total. The number of benzene rings is 1. The Bertz CT molecular complexity index is 620. The van der Waals surface area contributed by atoms with Gasteiger partial charge in [0.15, 0.2) is 5.76 Å². The number of amides is 1. The van der Waals surface area contributed by atoms with E-state index in [1.54, 1.807) is 6.07 Å². The zero-order valence-corrected chi connectivity index (χ0v) is 13.6. The number of hydrogen-bond donors (Lipinski definition) is 1. The maximum atomic E-state index is 12.2. The summed E-state index contributed by atoms with van der Waals surface area (Å²) in [4.78, 5) is 12.2. The third kappa shape index (κ3) is 3.41. The summed E-state index contributed by atoms with van der Waals surface area (Å²) in [7, 11) is 0. The lowest BCUT2D eigenvalue weighted by Crippen LogP contribution is -2.38. The molecule has 0 atom stereocenters. The Morgan fingerprint density at radius 3 is 2.62 bits per heavy atom. The highest BCUT2D eigenvalue weighted by Crippen LogP contribution is 2.27. The highest BCUT2D eigenvalue weighted by atomic mass is 35.5. The molecule has 1 aromatic heterocycles. The summed E-state index contributed by atoms with van der Waals surface area (Å²) in [6, 6.07) is 7.66. The zero-order valence-electron chi connectivity index (χ0n) is 12.8. The van der Waals surface area contributed by atoms with Gasteiger partial charge in [0.25, 0.3) is 5.91 Å². The Labute approximate surface area is 130 Å². The molecule has 0 spiro atoms. The summed E-state index contributed by atoms with van der Waals surface area (Å²) in [6.07, 6.45) is 1.87. The molecule has 0 fully saturated rings. The fraction of sp³-hybridized carbons (Fsp3) is 0.471. The van der Waals surface area contributed by atoms with Crippen LogP contribution in [0.4, 0.5) is 0 Å². The first-order chi connectivity index (χ1) is 10.0. The quantitative estimate of drug-likeness (QED) is 0.797. The number of hydrogen-bond acceptors (Lipinski definition) is 2. The second kappa shape index (κ2) is 6.52. The highest BCUT2D eigenvalue weighted by molar-refractivity contribution is 6.18. The number of fused-ring (bicyclic) bond motifs is 1. The molecule has 0 aliphatic rings. The Morgan fingerprint density at radius 2 is 2.00 bits per heavy atom. The Kier molecular flexibility index (Phi) is 4.94. The van der Waals surface area contributed by atoms with E-state index in [1.165, 1.54) is 0 Å². The summed E-state index contributed by atoms with van der Waals surface area (Å²) >= 11 is 6.06. The predicted octanol–water partition coefficient (Wildman–Crippen LogP) is 4.52. The van der Waals surface area contributed by atoms with Crippen molar-refractivity contribution in [1.29, 1.82) is 0 Å². The summed E-state index contributed by atoms with van der Waals surface area (Å²) in [5.41, 5.74) is 1.84. The molecule has 0 bridgehead atoms. The lowest BCUT2D eigenvalue weighted by molar-refractivity contribution is 0.0906. The van der Waals surface area contributed by atoms with Gasteiger partial charge in [-0.2, -0.15) is 0 Å². The molecular weight excluding hydrogens is 286 g/mol. The number of furan rings is 1. The molecule has 0 radical (unpaired) electrons. The standard InChI is InChI=1S/C17H22ClNO2/c1-4-17(5-2,10-18)11-19-16(20)15-9-13-8-12(3)6-7-14(13)21-15/h6-9H,4-5,10-11H2,1-3H3,(H,19,20). The SMILES string of the molecule is CCC(CC)(CCl)CNC(=O)c1cc2cc(C)ccc2o1. The Morgan fingerprint density at radius 1 is 1.29 bits per heavy atom. The number of alkyl halides is 1. The minimum absolute atomic E-state index is 0.0418. The van der Waals surface area contributed by atoms with Gasteiger partial charge in [-0.3, -0.25) is 4.79 Å². The van der Waals surface area contributed by atoms with Gasteiger partial charge in [-0.25, -0.2) is 0 Å². The number of rotatable bonds is 6. The normalized spacial score (nSPS) is 11.8. The van der Waals surface area contributed by atoms with E-state index in [9.17, 15) is 4.79 Å². The monoisotopic (exact) mass is 307 g/mol. The van der Waals surface area contributed by atoms with Gasteiger partial charge in [-0.1, -0.05) is 25.5 Å². The van der Waals surface area contributed by atoms with Gasteiger partial charge in [0.2, 0.25) is 0 Å². The van der Waals surface area contributed by atoms with Gasteiger partial charge in [-0.05, 0) is 38.0 Å². The van der Waals surface area contributed by atoms with E-state index in [0.29, 0.717) is 18.2 Å². The maximum Gasteiger partial charge on any atom is 0.287 e. The van der Waals surface area contributed by atoms with E-state index in [1.807, 2.05) is 25.1 Å². The molecule has 114 valence electrons. The summed E-state index contributed by atoms with van der Waals surface area (Å²) in [5, 5.41) is 3.90. The van der Waals surface area contributed by atoms with E-state index >= 15 is 0 Å². The lowest BCUT2D eigenvalue weighted by Gasteiger charge is -2.29. The molecule has 4 heteroatoms. The second-order valence-electron chi connectivity index (χ2n) is 5.68. The van der Waals surface area contributed by atoms with Crippen LogP contribution >= 0.6 is 11.6 Å². The van der Waals surface area contributed by atoms with E-state index in [0.717, 1.165) is 29.4 Å². The number of carbonyl (C=O) groups excluding carboxylic acids is 1. The average Bonchev–Trinajstić information content (AvgIpc) is 2.92. The molecular formula is C17H22ClNO2. The van der Waals surface area contributed by atoms with Crippen LogP contribution in [0.15, 0.2) is 28.7 Å². The first kappa shape index (κ1) is 15.9. The molecule has 1 heterocycles. The molecule has 0 saturated carbocycles. The van der Waals surface area contributed by atoms with Gasteiger partial charge in [-0.15, -0.1) is 11.6 Å². The molecule has 21 heavy (non-hydrogen) atoms. The predicted molar refractivity (Wildman–Crippen MR) is 87.0 cm³/mol. The zero-order chi connectivity index (χ0) is 15.5. The number of nitrogens with one attached hydrogen (secondary N) is 1. The number of aryl methyl sites for hydroxylation is 1. The Balaban J connectivity index is 2.12. The minimum atomic E-state index is -0.180. The van der Waals surface area contributed by atoms with Crippen LogP contribution in [-0.4, -0.2) is 18.3 Å². The summed E-state index contributed by atoms with van der Waals surface area (Å²) < 4.78 is 5.61. The molecule has 1 N–H and O–H groups in total. The van der Waals surface area contributed by atoms with Gasteiger partial charge < -0.3 is 9.73 Å². The molecule has 0 unspecified atom stereocenters. The van der Waals surface area contributed by atoms with Crippen molar-refractivity contribution in [2.45, 2.75) is 33.6 Å². The highest BCUT2D eigenvalue weighted by Gasteiger charge is 2.26. The Hall–Kier alpha value is -1.48. The van der Waals surface area contributed by atoms with Crippen molar-refractivity contribution in [3.63, 3.8) is 0 Å². The van der Waals surface area contributed by atoms with Crippen LogP contribution in [0.25, 0.3) is 11.0 Å². The van der Waals surface area contributed by atoms with Crippen LogP contribution in [-0.2, 0) is 0 Å². The fourth-order valence-electron chi connectivity index (χ4n) is 2.37. The van der Waals surface area contributed by atoms with Gasteiger partial charge >= 0.3 is 0 Å². The van der Waals surface area contributed by atoms with E-state index in [4.69, 9.17) is 16.0 Å². The smallest absolute Gasteiger partial charge is 0.287 e. The van der Waals surface area contributed by atoms with Crippen molar-refractivity contribution < 1.29 is 9.21 Å². The van der Waals surface area contributed by atoms with Crippen LogP contribution < -0.4 is 5.32 Å². The molecule has 0 aliphatic carbocycles. The van der Waals surface area contributed by atoms with Crippen LogP contribution in [0.5, 0.6) is 0 Å². The van der Waals surface area contributed by atoms with Gasteiger partial charge in [0, 0.05) is 23.2 Å². The number of halogens is 1. The molecule has 1 amide bonds. The van der Waals surface area contributed by atoms with Crippen molar-refractivity contribution in [2.24, 2.45) is 5.41 Å². The van der Waals surface area contributed by atoms with E-state index in [-0.39, 0.29) is 11.3 Å². The van der Waals surface area contributed by atoms with E-state index in [2.05, 4.69) is 19.2 Å². The van der Waals surface area contributed by atoms with Crippen molar-refractivity contribution in [2.75, 3.05) is 12.4 Å². The van der Waals surface area contributed by atoms with Crippen LogP contribution in [0.3, 0.4) is 0 Å². The summed E-state index contributed by atoms with van der Waals surface area (Å²) in [5.74, 6) is 0.714. The maximum absolute atomic E-state index is 12.2. The second-order valence-corrected chi connectivity index (χ2v) is 5.94. The largest absolute Gasteiger partial charge is 0.451 e.